The molecule has 1 amide bonds. The predicted molar refractivity (Wildman–Crippen MR) is 165 cm³/mol. The molecular formula is C32H34F3N5O5S. The first kappa shape index (κ1) is 32.9. The van der Waals surface area contributed by atoms with Crippen molar-refractivity contribution in [2.75, 3.05) is 31.1 Å². The highest BCUT2D eigenvalue weighted by Crippen LogP contribution is 2.36. The third-order valence-corrected chi connectivity index (χ3v) is 8.76. The molecule has 1 aliphatic rings. The Morgan fingerprint density at radius 1 is 1.02 bits per heavy atom. The summed E-state index contributed by atoms with van der Waals surface area (Å²) in [6.07, 6.45) is 6.01. The first-order valence-electron chi connectivity index (χ1n) is 14.6. The Labute approximate surface area is 265 Å². The first-order chi connectivity index (χ1) is 21.8. The van der Waals surface area contributed by atoms with Gasteiger partial charge in [-0.25, -0.2) is 26.4 Å². The monoisotopic (exact) mass is 657 g/mol. The maximum absolute atomic E-state index is 16.0. The molecule has 244 valence electrons. The summed E-state index contributed by atoms with van der Waals surface area (Å²) in [5, 5.41) is 7.52. The Hall–Kier alpha value is -4.43. The van der Waals surface area contributed by atoms with E-state index >= 15 is 4.39 Å². The molecule has 0 saturated carbocycles. The number of piperidine rings is 1. The standard InChI is InChI=1S/C32H34F3N5O5S/c1-32(2,3)45-31(41)39-15-11-23(12-16-39)40-18-25(21-9-13-36-14-10-21)30(38-40)24-5-4-6-27(29(24)35)37-19-44-20-46(42,43)28-17-22(33)7-8-26(28)34/h4-10,13-14,17-18,23,37H,11-12,15-16,19-20H2,1-3H3. The highest BCUT2D eigenvalue weighted by Gasteiger charge is 2.29. The molecule has 1 aliphatic heterocycles. The van der Waals surface area contributed by atoms with Gasteiger partial charge in [0.05, 0.1) is 11.7 Å². The number of likely N-dealkylation sites (tertiary alicyclic amines) is 1. The van der Waals surface area contributed by atoms with Gasteiger partial charge in [0.15, 0.2) is 11.8 Å². The molecule has 10 nitrogen and oxygen atoms in total. The van der Waals surface area contributed by atoms with E-state index in [0.717, 1.165) is 17.7 Å². The number of benzene rings is 2. The zero-order valence-corrected chi connectivity index (χ0v) is 26.4. The second-order valence-electron chi connectivity index (χ2n) is 11.8. The first-order valence-corrected chi connectivity index (χ1v) is 16.2. The van der Waals surface area contributed by atoms with Crippen molar-refractivity contribution in [2.45, 2.75) is 50.2 Å². The van der Waals surface area contributed by atoms with E-state index in [1.807, 2.05) is 27.0 Å². The molecule has 0 radical (unpaired) electrons. The van der Waals surface area contributed by atoms with Crippen LogP contribution in [-0.4, -0.2) is 65.5 Å². The van der Waals surface area contributed by atoms with Crippen molar-refractivity contribution in [3.8, 4) is 22.4 Å². The lowest BCUT2D eigenvalue weighted by atomic mass is 10.0. The molecule has 1 N–H and O–H groups in total. The Morgan fingerprint density at radius 2 is 1.74 bits per heavy atom. The number of pyridine rings is 1. The van der Waals surface area contributed by atoms with Crippen molar-refractivity contribution >= 4 is 21.6 Å². The maximum Gasteiger partial charge on any atom is 0.410 e. The van der Waals surface area contributed by atoms with Gasteiger partial charge in [0, 0.05) is 42.8 Å². The fourth-order valence-corrected chi connectivity index (χ4v) is 6.16. The molecule has 3 heterocycles. The van der Waals surface area contributed by atoms with Gasteiger partial charge >= 0.3 is 6.09 Å². The number of rotatable bonds is 9. The summed E-state index contributed by atoms with van der Waals surface area (Å²) >= 11 is 0. The molecule has 46 heavy (non-hydrogen) atoms. The number of carbonyl (C=O) groups excluding carboxylic acids is 1. The van der Waals surface area contributed by atoms with Gasteiger partial charge < -0.3 is 19.7 Å². The van der Waals surface area contributed by atoms with E-state index in [-0.39, 0.29) is 23.4 Å². The van der Waals surface area contributed by atoms with Gasteiger partial charge in [-0.2, -0.15) is 5.10 Å². The number of nitrogens with zero attached hydrogens (tertiary/aromatic N) is 4. The van der Waals surface area contributed by atoms with Crippen LogP contribution >= 0.6 is 0 Å². The minimum Gasteiger partial charge on any atom is -0.444 e. The molecule has 0 unspecified atom stereocenters. The summed E-state index contributed by atoms with van der Waals surface area (Å²) in [4.78, 5) is 17.5. The number of amides is 1. The van der Waals surface area contributed by atoms with E-state index in [4.69, 9.17) is 14.6 Å². The maximum atomic E-state index is 16.0. The van der Waals surface area contributed by atoms with Crippen molar-refractivity contribution in [3.05, 3.63) is 84.6 Å². The van der Waals surface area contributed by atoms with E-state index in [9.17, 15) is 22.0 Å². The summed E-state index contributed by atoms with van der Waals surface area (Å²) in [6, 6.07) is 10.3. The van der Waals surface area contributed by atoms with Gasteiger partial charge in [0.25, 0.3) is 0 Å². The van der Waals surface area contributed by atoms with Crippen LogP contribution in [0.3, 0.4) is 0 Å². The zero-order chi connectivity index (χ0) is 33.1. The molecule has 2 aromatic carbocycles. The van der Waals surface area contributed by atoms with Crippen LogP contribution in [0.5, 0.6) is 0 Å². The number of anilines is 1. The highest BCUT2D eigenvalue weighted by atomic mass is 32.2. The van der Waals surface area contributed by atoms with Crippen LogP contribution in [0.15, 0.2) is 72.0 Å². The van der Waals surface area contributed by atoms with Gasteiger partial charge in [-0.15, -0.1) is 0 Å². The summed E-state index contributed by atoms with van der Waals surface area (Å²) in [7, 11) is -4.31. The minimum atomic E-state index is -4.31. The van der Waals surface area contributed by atoms with Crippen LogP contribution in [0.1, 0.15) is 39.7 Å². The normalized spacial score (nSPS) is 14.3. The summed E-state index contributed by atoms with van der Waals surface area (Å²) in [6.45, 7) is 5.99. The zero-order valence-electron chi connectivity index (χ0n) is 25.5. The van der Waals surface area contributed by atoms with Crippen LogP contribution in [0.4, 0.5) is 23.7 Å². The van der Waals surface area contributed by atoms with Crippen molar-refractivity contribution in [1.29, 1.82) is 0 Å². The van der Waals surface area contributed by atoms with Gasteiger partial charge in [0.1, 0.15) is 34.6 Å². The van der Waals surface area contributed by atoms with Crippen LogP contribution in [0.25, 0.3) is 22.4 Å². The lowest BCUT2D eigenvalue weighted by Gasteiger charge is -2.33. The Balaban J connectivity index is 1.33. The van der Waals surface area contributed by atoms with Gasteiger partial charge in [0.2, 0.25) is 9.84 Å². The molecule has 2 aromatic heterocycles. The molecule has 4 aromatic rings. The molecule has 0 aliphatic carbocycles. The fourth-order valence-electron chi connectivity index (χ4n) is 5.07. The average molecular weight is 658 g/mol. The van der Waals surface area contributed by atoms with E-state index in [1.165, 1.54) is 6.07 Å². The van der Waals surface area contributed by atoms with Crippen molar-refractivity contribution in [3.63, 3.8) is 0 Å². The van der Waals surface area contributed by atoms with Gasteiger partial charge in [-0.3, -0.25) is 9.67 Å². The highest BCUT2D eigenvalue weighted by molar-refractivity contribution is 7.91. The molecule has 0 spiro atoms. The second kappa shape index (κ2) is 13.5. The van der Waals surface area contributed by atoms with Gasteiger partial charge in [-0.1, -0.05) is 6.07 Å². The molecule has 0 bridgehead atoms. The molecule has 5 rings (SSSR count). The van der Waals surface area contributed by atoms with E-state index in [1.54, 1.807) is 46.2 Å². The number of nitrogens with one attached hydrogen (secondary N) is 1. The largest absolute Gasteiger partial charge is 0.444 e. The number of ether oxygens (including phenoxy) is 2. The fraction of sp³-hybridized carbons (Fsp3) is 0.344. The minimum absolute atomic E-state index is 0.0210. The molecular weight excluding hydrogens is 623 g/mol. The smallest absolute Gasteiger partial charge is 0.410 e. The number of hydrogen-bond acceptors (Lipinski definition) is 8. The quantitative estimate of drug-likeness (QED) is 0.162. The summed E-state index contributed by atoms with van der Waals surface area (Å²) < 4.78 is 80.8. The molecule has 1 fully saturated rings. The number of carbonyl (C=O) groups is 1. The third kappa shape index (κ3) is 7.68. The number of hydrogen-bond donors (Lipinski definition) is 1. The van der Waals surface area contributed by atoms with Crippen LogP contribution in [0, 0.1) is 17.5 Å². The van der Waals surface area contributed by atoms with Crippen molar-refractivity contribution in [2.24, 2.45) is 0 Å². The van der Waals surface area contributed by atoms with Crippen LogP contribution < -0.4 is 5.32 Å². The lowest BCUT2D eigenvalue weighted by Crippen LogP contribution is -2.42. The molecule has 1 saturated heterocycles. The Morgan fingerprint density at radius 3 is 2.43 bits per heavy atom. The van der Waals surface area contributed by atoms with Crippen molar-refractivity contribution in [1.82, 2.24) is 19.7 Å². The van der Waals surface area contributed by atoms with Crippen LogP contribution in [-0.2, 0) is 19.3 Å². The number of sulfone groups is 1. The molecule has 14 heteroatoms. The van der Waals surface area contributed by atoms with Crippen LogP contribution in [0.2, 0.25) is 0 Å². The SMILES string of the molecule is CC(C)(C)OC(=O)N1CCC(n2cc(-c3ccncc3)c(-c3cccc(NCOCS(=O)(=O)c4cc(F)ccc4F)c3F)n2)CC1. The Kier molecular flexibility index (Phi) is 9.68. The van der Waals surface area contributed by atoms with E-state index in [2.05, 4.69) is 10.3 Å². The Bertz CT molecular complexity index is 1800. The summed E-state index contributed by atoms with van der Waals surface area (Å²) in [5.41, 5.74) is 1.45. The lowest BCUT2D eigenvalue weighted by molar-refractivity contribution is 0.0185. The van der Waals surface area contributed by atoms with E-state index in [0.29, 0.717) is 43.3 Å². The second-order valence-corrected chi connectivity index (χ2v) is 13.7. The number of aromatic nitrogens is 3. The third-order valence-electron chi connectivity index (χ3n) is 7.30. The summed E-state index contributed by atoms with van der Waals surface area (Å²) in [5.74, 6) is -3.61. The molecule has 0 atom stereocenters. The predicted octanol–water partition coefficient (Wildman–Crippen LogP) is 6.42. The van der Waals surface area contributed by atoms with E-state index < -0.39 is 50.5 Å². The number of halogens is 3. The van der Waals surface area contributed by atoms with Crippen molar-refractivity contribution < 1.29 is 35.9 Å². The van der Waals surface area contributed by atoms with Gasteiger partial charge in [-0.05, 0) is 81.6 Å². The topological polar surface area (TPSA) is 116 Å². The average Bonchev–Trinajstić information content (AvgIpc) is 3.46.